The average molecular weight is 381 g/mol. The molecule has 3 heteroatoms. The van der Waals surface area contributed by atoms with Crippen LogP contribution in [0.4, 0.5) is 0 Å². The van der Waals surface area contributed by atoms with Gasteiger partial charge in [0.2, 0.25) is 0 Å². The summed E-state index contributed by atoms with van der Waals surface area (Å²) in [7, 11) is 0. The third-order valence-corrected chi connectivity index (χ3v) is 4.72. The SMILES string of the molecule is CCOC(=O)C=C(C)C=CC=C(C)C1=Cc2cc(C(C)(C)C)cc(C)c2OC1. The normalized spacial score (nSPS) is 15.2. The molecule has 0 atom stereocenters. The van der Waals surface area contributed by atoms with E-state index in [2.05, 4.69) is 52.8 Å². The second-order valence-corrected chi connectivity index (χ2v) is 8.27. The van der Waals surface area contributed by atoms with Crippen LogP contribution < -0.4 is 4.74 Å². The summed E-state index contributed by atoms with van der Waals surface area (Å²) in [6.45, 7) is 15.5. The molecule has 0 saturated heterocycles. The van der Waals surface area contributed by atoms with Crippen LogP contribution in [0.5, 0.6) is 5.75 Å². The molecular weight excluding hydrogens is 348 g/mol. The van der Waals surface area contributed by atoms with Crippen molar-refractivity contribution in [3.05, 3.63) is 69.8 Å². The number of hydrogen-bond donors (Lipinski definition) is 0. The van der Waals surface area contributed by atoms with Crippen molar-refractivity contribution < 1.29 is 14.3 Å². The molecule has 0 aliphatic carbocycles. The molecule has 1 aromatic carbocycles. The molecule has 28 heavy (non-hydrogen) atoms. The second kappa shape index (κ2) is 9.09. The first-order valence-corrected chi connectivity index (χ1v) is 9.80. The lowest BCUT2D eigenvalue weighted by Gasteiger charge is -2.25. The molecule has 1 heterocycles. The van der Waals surface area contributed by atoms with Gasteiger partial charge in [-0.25, -0.2) is 4.79 Å². The van der Waals surface area contributed by atoms with Crippen LogP contribution in [0.25, 0.3) is 6.08 Å². The van der Waals surface area contributed by atoms with Crippen LogP contribution in [-0.4, -0.2) is 19.2 Å². The van der Waals surface area contributed by atoms with Crippen LogP contribution in [0.3, 0.4) is 0 Å². The number of ether oxygens (including phenoxy) is 2. The summed E-state index contributed by atoms with van der Waals surface area (Å²) in [5.74, 6) is 0.670. The third-order valence-electron chi connectivity index (χ3n) is 4.72. The maximum atomic E-state index is 11.5. The molecule has 0 radical (unpaired) electrons. The maximum absolute atomic E-state index is 11.5. The summed E-state index contributed by atoms with van der Waals surface area (Å²) in [5, 5.41) is 0. The summed E-state index contributed by atoms with van der Waals surface area (Å²) in [6.07, 6.45) is 9.62. The minimum absolute atomic E-state index is 0.0989. The van der Waals surface area contributed by atoms with Crippen LogP contribution in [0.1, 0.15) is 58.2 Å². The van der Waals surface area contributed by atoms with E-state index in [1.807, 2.05) is 25.2 Å². The van der Waals surface area contributed by atoms with Gasteiger partial charge in [-0.05, 0) is 73.1 Å². The number of benzene rings is 1. The van der Waals surface area contributed by atoms with Gasteiger partial charge in [0.15, 0.2) is 0 Å². The summed E-state index contributed by atoms with van der Waals surface area (Å²) in [5.41, 5.74) is 6.89. The minimum atomic E-state index is -0.310. The van der Waals surface area contributed by atoms with Crippen molar-refractivity contribution in [2.24, 2.45) is 0 Å². The highest BCUT2D eigenvalue weighted by molar-refractivity contribution is 5.83. The molecule has 0 N–H and O–H groups in total. The molecule has 0 fully saturated rings. The lowest BCUT2D eigenvalue weighted by molar-refractivity contribution is -0.137. The molecule has 1 aromatic rings. The van der Waals surface area contributed by atoms with Crippen LogP contribution >= 0.6 is 0 Å². The monoisotopic (exact) mass is 380 g/mol. The quantitative estimate of drug-likeness (QED) is 0.353. The van der Waals surface area contributed by atoms with Gasteiger partial charge in [0.1, 0.15) is 12.4 Å². The summed E-state index contributed by atoms with van der Waals surface area (Å²) >= 11 is 0. The van der Waals surface area contributed by atoms with E-state index >= 15 is 0 Å². The van der Waals surface area contributed by atoms with Crippen molar-refractivity contribution in [3.8, 4) is 5.75 Å². The molecule has 0 amide bonds. The number of fused-ring (bicyclic) bond motifs is 1. The Hall–Kier alpha value is -2.55. The number of aryl methyl sites for hydroxylation is 1. The van der Waals surface area contributed by atoms with Gasteiger partial charge < -0.3 is 9.47 Å². The minimum Gasteiger partial charge on any atom is -0.488 e. The first kappa shape index (κ1) is 21.7. The lowest BCUT2D eigenvalue weighted by atomic mass is 9.84. The van der Waals surface area contributed by atoms with Gasteiger partial charge in [0.25, 0.3) is 0 Å². The molecule has 0 bridgehead atoms. The second-order valence-electron chi connectivity index (χ2n) is 8.27. The Morgan fingerprint density at radius 3 is 2.61 bits per heavy atom. The van der Waals surface area contributed by atoms with E-state index in [-0.39, 0.29) is 11.4 Å². The Bertz CT molecular complexity index is 859. The van der Waals surface area contributed by atoms with Gasteiger partial charge in [-0.2, -0.15) is 0 Å². The van der Waals surface area contributed by atoms with Gasteiger partial charge in [-0.1, -0.05) is 45.1 Å². The van der Waals surface area contributed by atoms with E-state index in [0.717, 1.165) is 28.0 Å². The van der Waals surface area contributed by atoms with Gasteiger partial charge >= 0.3 is 5.97 Å². The van der Waals surface area contributed by atoms with Crippen LogP contribution in [0, 0.1) is 6.92 Å². The summed E-state index contributed by atoms with van der Waals surface area (Å²) in [4.78, 5) is 11.5. The number of esters is 1. The number of carbonyl (C=O) groups is 1. The molecule has 1 aliphatic rings. The molecule has 0 saturated carbocycles. The zero-order chi connectivity index (χ0) is 20.9. The summed E-state index contributed by atoms with van der Waals surface area (Å²) < 4.78 is 11.0. The number of rotatable bonds is 5. The fourth-order valence-electron chi connectivity index (χ4n) is 3.01. The highest BCUT2D eigenvalue weighted by Crippen LogP contribution is 2.36. The number of hydrogen-bond acceptors (Lipinski definition) is 3. The molecular formula is C25H32O3. The van der Waals surface area contributed by atoms with E-state index in [4.69, 9.17) is 9.47 Å². The van der Waals surface area contributed by atoms with Gasteiger partial charge in [-0.15, -0.1) is 0 Å². The third kappa shape index (κ3) is 5.72. The lowest BCUT2D eigenvalue weighted by Crippen LogP contribution is -2.14. The van der Waals surface area contributed by atoms with E-state index in [9.17, 15) is 4.79 Å². The molecule has 150 valence electrons. The Kier molecular flexibility index (Phi) is 7.06. The van der Waals surface area contributed by atoms with Crippen molar-refractivity contribution in [2.75, 3.05) is 13.2 Å². The van der Waals surface area contributed by atoms with Crippen LogP contribution in [-0.2, 0) is 14.9 Å². The predicted octanol–water partition coefficient (Wildman–Crippen LogP) is 6.08. The number of allylic oxidation sites excluding steroid dienone is 4. The number of carbonyl (C=O) groups excluding carboxylic acids is 1. The first-order chi connectivity index (χ1) is 13.1. The van der Waals surface area contributed by atoms with E-state index in [1.165, 1.54) is 17.2 Å². The van der Waals surface area contributed by atoms with Gasteiger partial charge in [-0.3, -0.25) is 0 Å². The molecule has 3 nitrogen and oxygen atoms in total. The average Bonchev–Trinajstić information content (AvgIpc) is 2.60. The predicted molar refractivity (Wildman–Crippen MR) is 117 cm³/mol. The Morgan fingerprint density at radius 2 is 1.96 bits per heavy atom. The Balaban J connectivity index is 2.23. The molecule has 0 unspecified atom stereocenters. The van der Waals surface area contributed by atoms with Gasteiger partial charge in [0.05, 0.1) is 6.61 Å². The topological polar surface area (TPSA) is 35.5 Å². The fraction of sp³-hybridized carbons (Fsp3) is 0.400. The highest BCUT2D eigenvalue weighted by atomic mass is 16.5. The highest BCUT2D eigenvalue weighted by Gasteiger charge is 2.20. The zero-order valence-corrected chi connectivity index (χ0v) is 18.2. The van der Waals surface area contributed by atoms with E-state index in [0.29, 0.717) is 13.2 Å². The fourth-order valence-corrected chi connectivity index (χ4v) is 3.01. The van der Waals surface area contributed by atoms with Crippen molar-refractivity contribution in [1.82, 2.24) is 0 Å². The van der Waals surface area contributed by atoms with Crippen molar-refractivity contribution in [2.45, 2.75) is 53.9 Å². The van der Waals surface area contributed by atoms with E-state index < -0.39 is 0 Å². The van der Waals surface area contributed by atoms with Crippen LogP contribution in [0.15, 0.2) is 53.2 Å². The maximum Gasteiger partial charge on any atom is 0.330 e. The molecule has 0 spiro atoms. The first-order valence-electron chi connectivity index (χ1n) is 9.80. The smallest absolute Gasteiger partial charge is 0.330 e. The van der Waals surface area contributed by atoms with Crippen molar-refractivity contribution in [1.29, 1.82) is 0 Å². The standard InChI is InChI=1S/C25H32O3/c1-8-27-23(26)12-17(2)10-9-11-18(3)21-14-20-15-22(25(5,6)7)13-19(4)24(20)28-16-21/h9-15H,8,16H2,1-7H3. The molecule has 1 aliphatic heterocycles. The Morgan fingerprint density at radius 1 is 1.25 bits per heavy atom. The van der Waals surface area contributed by atoms with Crippen molar-refractivity contribution >= 4 is 12.0 Å². The largest absolute Gasteiger partial charge is 0.488 e. The summed E-state index contributed by atoms with van der Waals surface area (Å²) in [6, 6.07) is 4.46. The zero-order valence-electron chi connectivity index (χ0n) is 18.2. The molecule has 2 rings (SSSR count). The Labute approximate surface area is 169 Å². The van der Waals surface area contributed by atoms with Gasteiger partial charge in [0, 0.05) is 11.6 Å². The van der Waals surface area contributed by atoms with Crippen LogP contribution in [0.2, 0.25) is 0 Å². The molecule has 0 aromatic heterocycles. The van der Waals surface area contributed by atoms with Crippen molar-refractivity contribution in [3.63, 3.8) is 0 Å². The van der Waals surface area contributed by atoms with E-state index in [1.54, 1.807) is 6.92 Å².